The summed E-state index contributed by atoms with van der Waals surface area (Å²) in [5.74, 6) is -0.953. The first-order valence-electron chi connectivity index (χ1n) is 8.81. The molecule has 0 spiro atoms. The molecule has 2 N–H and O–H groups in total. The monoisotopic (exact) mass is 386 g/mol. The van der Waals surface area contributed by atoms with E-state index in [1.54, 1.807) is 21.7 Å². The summed E-state index contributed by atoms with van der Waals surface area (Å²) in [5, 5.41) is 5.39. The SMILES string of the molecule is Cc1nn(-c2ccc(F)cc2)c2sc(C(=O)N3CCCCC3C(N)=O)cc12. The summed E-state index contributed by atoms with van der Waals surface area (Å²) >= 11 is 1.32. The van der Waals surface area contributed by atoms with E-state index in [2.05, 4.69) is 5.10 Å². The van der Waals surface area contributed by atoms with Crippen LogP contribution in [0.25, 0.3) is 15.9 Å². The molecule has 0 bridgehead atoms. The third-order valence-corrected chi connectivity index (χ3v) is 6.02. The van der Waals surface area contributed by atoms with Gasteiger partial charge < -0.3 is 10.6 Å². The Kier molecular flexibility index (Phi) is 4.43. The van der Waals surface area contributed by atoms with Crippen LogP contribution >= 0.6 is 11.3 Å². The van der Waals surface area contributed by atoms with Gasteiger partial charge in [-0.25, -0.2) is 9.07 Å². The molecular formula is C19H19FN4O2S. The van der Waals surface area contributed by atoms with Gasteiger partial charge in [-0.2, -0.15) is 5.10 Å². The van der Waals surface area contributed by atoms with Crippen molar-refractivity contribution >= 4 is 33.4 Å². The van der Waals surface area contributed by atoms with Gasteiger partial charge in [-0.3, -0.25) is 9.59 Å². The molecule has 140 valence electrons. The van der Waals surface area contributed by atoms with Gasteiger partial charge in [-0.1, -0.05) is 0 Å². The van der Waals surface area contributed by atoms with E-state index in [0.717, 1.165) is 34.4 Å². The molecule has 4 rings (SSSR count). The van der Waals surface area contributed by atoms with Gasteiger partial charge in [-0.05, 0) is 56.5 Å². The number of fused-ring (bicyclic) bond motifs is 1. The molecule has 3 aromatic rings. The van der Waals surface area contributed by atoms with E-state index in [1.165, 1.54) is 23.5 Å². The highest BCUT2D eigenvalue weighted by Gasteiger charge is 2.32. The topological polar surface area (TPSA) is 81.2 Å². The number of thiophene rings is 1. The molecule has 6 nitrogen and oxygen atoms in total. The van der Waals surface area contributed by atoms with Gasteiger partial charge in [-0.15, -0.1) is 11.3 Å². The molecule has 0 radical (unpaired) electrons. The smallest absolute Gasteiger partial charge is 0.264 e. The fourth-order valence-electron chi connectivity index (χ4n) is 3.52. The minimum atomic E-state index is -0.550. The number of hydrogen-bond donors (Lipinski definition) is 1. The summed E-state index contributed by atoms with van der Waals surface area (Å²) in [7, 11) is 0. The summed E-state index contributed by atoms with van der Waals surface area (Å²) in [6, 6.07) is 7.32. The number of nitrogens with two attached hydrogens (primary N) is 1. The first kappa shape index (κ1) is 17.7. The summed E-state index contributed by atoms with van der Waals surface area (Å²) in [4.78, 5) is 27.7. The first-order chi connectivity index (χ1) is 13.0. The lowest BCUT2D eigenvalue weighted by Crippen LogP contribution is -2.50. The summed E-state index contributed by atoms with van der Waals surface area (Å²) < 4.78 is 14.9. The molecule has 2 aromatic heterocycles. The zero-order valence-corrected chi connectivity index (χ0v) is 15.6. The fraction of sp³-hybridized carbons (Fsp3) is 0.316. The number of nitrogens with zero attached hydrogens (tertiary/aromatic N) is 3. The highest BCUT2D eigenvalue weighted by molar-refractivity contribution is 7.20. The van der Waals surface area contributed by atoms with Gasteiger partial charge in [0.1, 0.15) is 16.7 Å². The average Bonchev–Trinajstić information content (AvgIpc) is 3.23. The number of aryl methyl sites for hydroxylation is 1. The van der Waals surface area contributed by atoms with Crippen LogP contribution < -0.4 is 5.73 Å². The van der Waals surface area contributed by atoms with Gasteiger partial charge in [0.25, 0.3) is 5.91 Å². The Balaban J connectivity index is 1.73. The summed E-state index contributed by atoms with van der Waals surface area (Å²) in [6.45, 7) is 2.40. The molecule has 1 unspecified atom stereocenters. The predicted octanol–water partition coefficient (Wildman–Crippen LogP) is 3.01. The summed E-state index contributed by atoms with van der Waals surface area (Å²) in [6.07, 6.45) is 2.36. The number of carbonyl (C=O) groups is 2. The zero-order valence-electron chi connectivity index (χ0n) is 14.8. The zero-order chi connectivity index (χ0) is 19.1. The van der Waals surface area contributed by atoms with Crippen LogP contribution in [0.4, 0.5) is 4.39 Å². The lowest BCUT2D eigenvalue weighted by Gasteiger charge is -2.33. The second-order valence-corrected chi connectivity index (χ2v) is 7.75. The minimum absolute atomic E-state index is 0.176. The number of rotatable bonds is 3. The molecule has 27 heavy (non-hydrogen) atoms. The number of piperidine rings is 1. The minimum Gasteiger partial charge on any atom is -0.368 e. The van der Waals surface area contributed by atoms with Crippen molar-refractivity contribution in [3.63, 3.8) is 0 Å². The van der Waals surface area contributed by atoms with Crippen LogP contribution in [0.5, 0.6) is 0 Å². The van der Waals surface area contributed by atoms with E-state index in [4.69, 9.17) is 5.73 Å². The Hall–Kier alpha value is -2.74. The van der Waals surface area contributed by atoms with Crippen molar-refractivity contribution in [1.29, 1.82) is 0 Å². The van der Waals surface area contributed by atoms with Gasteiger partial charge in [0.05, 0.1) is 16.3 Å². The van der Waals surface area contributed by atoms with E-state index >= 15 is 0 Å². The van der Waals surface area contributed by atoms with E-state index in [1.807, 2.05) is 13.0 Å². The number of halogens is 1. The van der Waals surface area contributed by atoms with Gasteiger partial charge in [0.15, 0.2) is 0 Å². The number of likely N-dealkylation sites (tertiary alicyclic amines) is 1. The maximum Gasteiger partial charge on any atom is 0.264 e. The van der Waals surface area contributed by atoms with Crippen molar-refractivity contribution in [2.75, 3.05) is 6.54 Å². The molecule has 8 heteroatoms. The quantitative estimate of drug-likeness (QED) is 0.751. The van der Waals surface area contributed by atoms with Crippen molar-refractivity contribution in [3.8, 4) is 5.69 Å². The maximum atomic E-state index is 13.2. The largest absolute Gasteiger partial charge is 0.368 e. The van der Waals surface area contributed by atoms with Crippen LogP contribution in [0.1, 0.15) is 34.6 Å². The highest BCUT2D eigenvalue weighted by atomic mass is 32.1. The first-order valence-corrected chi connectivity index (χ1v) is 9.63. The fourth-order valence-corrected chi connectivity index (χ4v) is 4.66. The van der Waals surface area contributed by atoms with Crippen LogP contribution in [0, 0.1) is 12.7 Å². The van der Waals surface area contributed by atoms with E-state index in [0.29, 0.717) is 17.8 Å². The van der Waals surface area contributed by atoms with E-state index in [9.17, 15) is 14.0 Å². The Bertz CT molecular complexity index is 1020. The Labute approximate surface area is 159 Å². The molecule has 1 aliphatic rings. The molecular weight excluding hydrogens is 367 g/mol. The average molecular weight is 386 g/mol. The third-order valence-electron chi connectivity index (χ3n) is 4.92. The molecule has 1 saturated heterocycles. The lowest BCUT2D eigenvalue weighted by molar-refractivity contribution is -0.123. The Morgan fingerprint density at radius 3 is 2.70 bits per heavy atom. The second-order valence-electron chi connectivity index (χ2n) is 6.72. The standard InChI is InChI=1S/C19H19FN4O2S/c1-11-14-10-16(18(26)23-9-3-2-4-15(23)17(21)25)27-19(14)24(22-11)13-7-5-12(20)6-8-13/h5-8,10,15H,2-4,9H2,1H3,(H2,21,25). The Morgan fingerprint density at radius 1 is 1.26 bits per heavy atom. The predicted molar refractivity (Wildman–Crippen MR) is 102 cm³/mol. The van der Waals surface area contributed by atoms with Crippen LogP contribution in [0.3, 0.4) is 0 Å². The van der Waals surface area contributed by atoms with Gasteiger partial charge in [0, 0.05) is 11.9 Å². The number of amides is 2. The summed E-state index contributed by atoms with van der Waals surface area (Å²) in [5.41, 5.74) is 7.00. The molecule has 0 aliphatic carbocycles. The Morgan fingerprint density at radius 2 is 2.00 bits per heavy atom. The number of aromatic nitrogens is 2. The molecule has 3 heterocycles. The van der Waals surface area contributed by atoms with Crippen LogP contribution in [0.2, 0.25) is 0 Å². The van der Waals surface area contributed by atoms with Crippen molar-refractivity contribution in [2.45, 2.75) is 32.2 Å². The van der Waals surface area contributed by atoms with Gasteiger partial charge >= 0.3 is 0 Å². The van der Waals surface area contributed by atoms with Gasteiger partial charge in [0.2, 0.25) is 5.91 Å². The maximum absolute atomic E-state index is 13.2. The molecule has 0 saturated carbocycles. The number of primary amides is 1. The molecule has 1 fully saturated rings. The number of carbonyl (C=O) groups excluding carboxylic acids is 2. The van der Waals surface area contributed by atoms with E-state index in [-0.39, 0.29) is 11.7 Å². The van der Waals surface area contributed by atoms with Crippen LogP contribution in [0.15, 0.2) is 30.3 Å². The number of benzene rings is 1. The third kappa shape index (κ3) is 3.10. The number of hydrogen-bond acceptors (Lipinski definition) is 4. The van der Waals surface area contributed by atoms with Crippen molar-refractivity contribution in [1.82, 2.24) is 14.7 Å². The van der Waals surface area contributed by atoms with Crippen molar-refractivity contribution in [3.05, 3.63) is 46.7 Å². The molecule has 1 aliphatic heterocycles. The van der Waals surface area contributed by atoms with Crippen LogP contribution in [-0.4, -0.2) is 39.1 Å². The highest BCUT2D eigenvalue weighted by Crippen LogP contribution is 2.32. The lowest BCUT2D eigenvalue weighted by atomic mass is 10.0. The van der Waals surface area contributed by atoms with Crippen molar-refractivity contribution < 1.29 is 14.0 Å². The molecule has 1 atom stereocenters. The van der Waals surface area contributed by atoms with E-state index < -0.39 is 11.9 Å². The second kappa shape index (κ2) is 6.77. The molecule has 2 amide bonds. The van der Waals surface area contributed by atoms with Crippen LogP contribution in [-0.2, 0) is 4.79 Å². The normalized spacial score (nSPS) is 17.4. The van der Waals surface area contributed by atoms with Crippen molar-refractivity contribution in [2.24, 2.45) is 5.73 Å². The molecule has 1 aromatic carbocycles.